The van der Waals surface area contributed by atoms with Crippen LogP contribution in [-0.4, -0.2) is 129 Å². The van der Waals surface area contributed by atoms with E-state index in [1.807, 2.05) is 24.3 Å². The molecule has 14 heteroatoms. The Hall–Kier alpha value is -4.32. The Kier molecular flexibility index (Phi) is 37.7. The van der Waals surface area contributed by atoms with Gasteiger partial charge in [-0.3, -0.25) is 9.59 Å². The molecule has 2 saturated heterocycles. The molecule has 14 nitrogen and oxygen atoms in total. The molecule has 94 heavy (non-hydrogen) atoms. The van der Waals surface area contributed by atoms with Gasteiger partial charge in [-0.15, -0.1) is 0 Å². The van der Waals surface area contributed by atoms with Crippen molar-refractivity contribution in [3.8, 4) is 0 Å². The summed E-state index contributed by atoms with van der Waals surface area (Å²) in [6.07, 6.45) is 39.0. The highest BCUT2D eigenvalue weighted by atomic mass is 16.7. The second-order valence-electron chi connectivity index (χ2n) is 29.8. The van der Waals surface area contributed by atoms with Crippen molar-refractivity contribution in [1.82, 2.24) is 0 Å². The zero-order valence-electron chi connectivity index (χ0n) is 60.5. The molecular weight excluding hydrogens is 1180 g/mol. The maximum absolute atomic E-state index is 12.6. The number of ether oxygens (including phenoxy) is 6. The number of esters is 2. The van der Waals surface area contributed by atoms with Gasteiger partial charge in [0.15, 0.2) is 12.6 Å². The summed E-state index contributed by atoms with van der Waals surface area (Å²) < 4.78 is 35.6. The third-order valence-electron chi connectivity index (χ3n) is 18.8. The number of carbonyl (C=O) groups excluding carboxylic acids is 2. The highest BCUT2D eigenvalue weighted by Gasteiger charge is 2.48. The van der Waals surface area contributed by atoms with E-state index >= 15 is 0 Å². The van der Waals surface area contributed by atoms with Crippen molar-refractivity contribution in [1.29, 1.82) is 0 Å². The van der Waals surface area contributed by atoms with E-state index in [4.69, 9.17) is 28.4 Å². The average Bonchev–Trinajstić information content (AvgIpc) is 0.800. The van der Waals surface area contributed by atoms with Crippen LogP contribution in [0.1, 0.15) is 251 Å². The van der Waals surface area contributed by atoms with Gasteiger partial charge in [0.25, 0.3) is 0 Å². The number of hydrogen-bond donors (Lipinski definition) is 6. The van der Waals surface area contributed by atoms with E-state index in [0.717, 1.165) is 83.8 Å². The SMILES string of the molecule is CC1=C(/C=C/C(C)=C/C=C/C(C)=C/C=C/C=C(C)/C=C/C=C(C)/C=C/C2=C(C)C[C@@H](OC3OC(COC(=O)CCCCCCCCCC(C)C)C(O)C(O)C3O)CC2(C)C)C(C)(C)C[C@H](OC2OC(COC(=O)CCCCCCCCCCCC(C)C)C(O)C(O)C2O)C1. The molecule has 6 N–H and O–H groups in total. The van der Waals surface area contributed by atoms with Gasteiger partial charge in [0, 0.05) is 12.8 Å². The number of allylic oxidation sites excluding steroid dienone is 20. The molecule has 0 amide bonds. The highest BCUT2D eigenvalue weighted by molar-refractivity contribution is 5.69. The summed E-state index contributed by atoms with van der Waals surface area (Å²) in [5, 5.41) is 64.9. The van der Waals surface area contributed by atoms with Crippen LogP contribution in [0, 0.1) is 22.7 Å². The van der Waals surface area contributed by atoms with E-state index in [1.165, 1.54) is 88.2 Å². The zero-order chi connectivity index (χ0) is 69.4. The molecule has 2 heterocycles. The molecule has 4 aliphatic rings. The Morgan fingerprint density at radius 1 is 0.447 bits per heavy atom. The Morgan fingerprint density at radius 3 is 1.09 bits per heavy atom. The number of carbonyl (C=O) groups is 2. The van der Waals surface area contributed by atoms with Gasteiger partial charge in [-0.25, -0.2) is 0 Å². The second-order valence-corrected chi connectivity index (χ2v) is 29.8. The minimum absolute atomic E-state index is 0.237. The fourth-order valence-electron chi connectivity index (χ4n) is 13.2. The maximum atomic E-state index is 12.6. The predicted molar refractivity (Wildman–Crippen MR) is 379 cm³/mol. The number of unbranched alkanes of at least 4 members (excludes halogenated alkanes) is 14. The number of hydrogen-bond acceptors (Lipinski definition) is 14. The third-order valence-corrected chi connectivity index (χ3v) is 18.8. The lowest BCUT2D eigenvalue weighted by Crippen LogP contribution is -2.60. The van der Waals surface area contributed by atoms with Gasteiger partial charge in [0.1, 0.15) is 62.0 Å². The molecule has 0 aromatic heterocycles. The molecule has 0 radical (unpaired) electrons. The molecule has 2 fully saturated rings. The van der Waals surface area contributed by atoms with E-state index in [9.17, 15) is 40.2 Å². The average molecular weight is 1310 g/mol. The van der Waals surface area contributed by atoms with E-state index < -0.39 is 61.4 Å². The van der Waals surface area contributed by atoms with E-state index in [1.54, 1.807) is 0 Å². The highest BCUT2D eigenvalue weighted by Crippen LogP contribution is 2.45. The molecule has 10 unspecified atom stereocenters. The van der Waals surface area contributed by atoms with Gasteiger partial charge in [-0.05, 0) is 114 Å². The number of aliphatic hydroxyl groups excluding tert-OH is 6. The summed E-state index contributed by atoms with van der Waals surface area (Å²) in [5.74, 6) is 0.788. The molecular formula is C80H128O14. The lowest BCUT2D eigenvalue weighted by Gasteiger charge is -2.43. The summed E-state index contributed by atoms with van der Waals surface area (Å²) in [4.78, 5) is 25.2. The van der Waals surface area contributed by atoms with Crippen molar-refractivity contribution in [2.24, 2.45) is 22.7 Å². The first-order valence-electron chi connectivity index (χ1n) is 36.1. The van der Waals surface area contributed by atoms with Crippen LogP contribution < -0.4 is 0 Å². The zero-order valence-corrected chi connectivity index (χ0v) is 60.5. The van der Waals surface area contributed by atoms with E-state index in [2.05, 4.69) is 158 Å². The van der Waals surface area contributed by atoms with Crippen molar-refractivity contribution in [3.63, 3.8) is 0 Å². The second kappa shape index (κ2) is 43.2. The van der Waals surface area contributed by atoms with Gasteiger partial charge in [-0.2, -0.15) is 0 Å². The van der Waals surface area contributed by atoms with Crippen LogP contribution in [0.3, 0.4) is 0 Å². The van der Waals surface area contributed by atoms with Crippen LogP contribution in [0.4, 0.5) is 0 Å². The van der Waals surface area contributed by atoms with Crippen LogP contribution in [0.2, 0.25) is 0 Å². The van der Waals surface area contributed by atoms with E-state index in [-0.39, 0.29) is 61.0 Å². The lowest BCUT2D eigenvalue weighted by molar-refractivity contribution is -0.313. The van der Waals surface area contributed by atoms with Crippen molar-refractivity contribution in [2.45, 2.75) is 325 Å². The minimum atomic E-state index is -1.52. The topological polar surface area (TPSA) is 211 Å². The Bertz CT molecular complexity index is 2620. The van der Waals surface area contributed by atoms with Crippen molar-refractivity contribution >= 4 is 11.9 Å². The molecule has 0 spiro atoms. The number of rotatable bonds is 40. The van der Waals surface area contributed by atoms with Gasteiger partial charge >= 0.3 is 11.9 Å². The van der Waals surface area contributed by atoms with Crippen LogP contribution in [-0.2, 0) is 38.0 Å². The van der Waals surface area contributed by atoms with Crippen molar-refractivity contribution in [3.05, 3.63) is 130 Å². The van der Waals surface area contributed by atoms with Crippen molar-refractivity contribution in [2.75, 3.05) is 13.2 Å². The fourth-order valence-corrected chi connectivity index (χ4v) is 13.2. The standard InChI is InChI=1S/C80H128O14/c1-55(2)35-27-23-19-16-15-17-21-25-29-43-69(81)89-53-67-71(83)73(85)75(87)77(93-67)91-63-49-61(9)65(79(11,12)51-63)47-45-59(7)41-33-39-57(5)37-31-32-38-58(6)40-34-42-60(8)46-48-66-62(10)50-64(52-80(66,13)14)92-78-76(88)74(86)72(84)68(94-78)54-90-70(82)44-30-26-22-18-20-24-28-36-56(3)4/h31-34,37-42,45-48,55-56,63-64,67-68,71-78,83-88H,15-30,35-36,43-44,49-54H2,1-14H3/b32-31+,39-33+,40-34+,47-45+,48-46+,57-37+,58-38+,59-41+,60-42+/t63-,64-,67?,68?,71?,72?,73?,74?,75?,76?,77?,78?/m1/s1. The van der Waals surface area contributed by atoms with Crippen LogP contribution >= 0.6 is 0 Å². The lowest BCUT2D eigenvalue weighted by atomic mass is 9.71. The van der Waals surface area contributed by atoms with Crippen LogP contribution in [0.15, 0.2) is 130 Å². The molecule has 0 bridgehead atoms. The maximum Gasteiger partial charge on any atom is 0.305 e. The predicted octanol–water partition coefficient (Wildman–Crippen LogP) is 16.4. The van der Waals surface area contributed by atoms with Crippen LogP contribution in [0.5, 0.6) is 0 Å². The first-order chi connectivity index (χ1) is 44.6. The molecule has 532 valence electrons. The first kappa shape index (κ1) is 82.1. The molecule has 2 aliphatic heterocycles. The Morgan fingerprint density at radius 2 is 0.755 bits per heavy atom. The molecule has 0 aromatic rings. The summed E-state index contributed by atoms with van der Waals surface area (Å²) in [7, 11) is 0. The van der Waals surface area contributed by atoms with Gasteiger partial charge in [-0.1, -0.05) is 277 Å². The molecule has 12 atom stereocenters. The normalized spacial score (nSPS) is 27.7. The Labute approximate surface area is 568 Å². The summed E-state index contributed by atoms with van der Waals surface area (Å²) in [6.45, 7) is 29.7. The molecule has 4 rings (SSSR count). The molecule has 0 saturated carbocycles. The molecule has 2 aliphatic carbocycles. The minimum Gasteiger partial charge on any atom is -0.463 e. The largest absolute Gasteiger partial charge is 0.463 e. The summed E-state index contributed by atoms with van der Waals surface area (Å²) in [6, 6.07) is 0. The van der Waals surface area contributed by atoms with Crippen molar-refractivity contribution < 1.29 is 68.6 Å². The fraction of sp³-hybridized carbons (Fsp3) is 0.700. The molecule has 0 aromatic carbocycles. The third kappa shape index (κ3) is 30.6. The van der Waals surface area contributed by atoms with Gasteiger partial charge in [0.2, 0.25) is 0 Å². The van der Waals surface area contributed by atoms with Gasteiger partial charge in [0.05, 0.1) is 12.2 Å². The summed E-state index contributed by atoms with van der Waals surface area (Å²) >= 11 is 0. The Balaban J connectivity index is 1.18. The monoisotopic (exact) mass is 1310 g/mol. The summed E-state index contributed by atoms with van der Waals surface area (Å²) in [5.41, 5.74) is 8.58. The van der Waals surface area contributed by atoms with Gasteiger partial charge < -0.3 is 59.1 Å². The van der Waals surface area contributed by atoms with E-state index in [0.29, 0.717) is 25.7 Å². The smallest absolute Gasteiger partial charge is 0.305 e. The quantitative estimate of drug-likeness (QED) is 0.0192. The number of aliphatic hydroxyl groups is 6. The van der Waals surface area contributed by atoms with Crippen LogP contribution in [0.25, 0.3) is 0 Å². The first-order valence-corrected chi connectivity index (χ1v) is 36.1.